The number of rotatable bonds is 6. The summed E-state index contributed by atoms with van der Waals surface area (Å²) in [5, 5.41) is 0. The fraction of sp³-hybridized carbons (Fsp3) is 0.0741. The molecule has 0 atom stereocenters. The zero-order chi connectivity index (χ0) is 23.4. The van der Waals surface area contributed by atoms with Gasteiger partial charge >= 0.3 is 193 Å². The third-order valence-electron chi connectivity index (χ3n) is 5.62. The van der Waals surface area contributed by atoms with Crippen LogP contribution < -0.4 is 14.0 Å². The van der Waals surface area contributed by atoms with Crippen molar-refractivity contribution in [1.82, 2.24) is 0 Å². The van der Waals surface area contributed by atoms with E-state index in [1.807, 2.05) is 121 Å². The summed E-state index contributed by atoms with van der Waals surface area (Å²) in [5.74, 6) is -1.29. The van der Waals surface area contributed by atoms with Crippen molar-refractivity contribution < 1.29 is 21.0 Å². The molecule has 33 heavy (non-hydrogen) atoms. The van der Waals surface area contributed by atoms with Crippen LogP contribution in [0.3, 0.4) is 0 Å². The minimum atomic E-state index is -5.58. The number of alkyl halides is 3. The summed E-state index contributed by atoms with van der Waals surface area (Å²) in [5.41, 5.74) is 0. The van der Waals surface area contributed by atoms with E-state index in [1.54, 1.807) is 0 Å². The van der Waals surface area contributed by atoms with Crippen LogP contribution in [0.4, 0.5) is 13.2 Å². The molecule has 168 valence electrons. The molecular formula is C27H22F3O2Sb. The van der Waals surface area contributed by atoms with Gasteiger partial charge in [0, 0.05) is 0 Å². The normalized spacial score (nSPS) is 13.0. The van der Waals surface area contributed by atoms with Gasteiger partial charge in [-0.05, 0) is 0 Å². The molecule has 0 radical (unpaired) electrons. The van der Waals surface area contributed by atoms with Crippen molar-refractivity contribution in [3.05, 3.63) is 121 Å². The first-order valence-corrected chi connectivity index (χ1v) is 16.5. The van der Waals surface area contributed by atoms with Crippen molar-refractivity contribution in [2.45, 2.75) is 12.6 Å². The minimum absolute atomic E-state index is 0.712. The van der Waals surface area contributed by atoms with E-state index in [1.165, 1.54) is 0 Å². The monoisotopic (exact) mass is 556 g/mol. The topological polar surface area (TPSA) is 26.3 Å². The number of hydrogen-bond donors (Lipinski definition) is 0. The van der Waals surface area contributed by atoms with Crippen molar-refractivity contribution in [2.75, 3.05) is 0 Å². The molecule has 0 saturated heterocycles. The van der Waals surface area contributed by atoms with Gasteiger partial charge in [0.1, 0.15) is 0 Å². The van der Waals surface area contributed by atoms with Gasteiger partial charge in [-0.25, -0.2) is 0 Å². The summed E-state index contributed by atoms with van der Waals surface area (Å²) in [4.78, 5) is 13.1. The van der Waals surface area contributed by atoms with E-state index in [2.05, 4.69) is 0 Å². The predicted octanol–water partition coefficient (Wildman–Crippen LogP) is 4.01. The van der Waals surface area contributed by atoms with Crippen molar-refractivity contribution in [2.24, 2.45) is 0 Å². The van der Waals surface area contributed by atoms with E-state index in [0.29, 0.717) is 14.0 Å². The van der Waals surface area contributed by atoms with E-state index in [9.17, 15) is 18.0 Å². The first-order chi connectivity index (χ1) is 15.9. The quantitative estimate of drug-likeness (QED) is 0.335. The molecule has 6 heteroatoms. The molecule has 4 aromatic rings. The number of halogens is 3. The summed E-state index contributed by atoms with van der Waals surface area (Å²) in [7, 11) is 0. The van der Waals surface area contributed by atoms with Gasteiger partial charge in [0.15, 0.2) is 0 Å². The Hall–Kier alpha value is -3.04. The van der Waals surface area contributed by atoms with E-state index < -0.39 is 36.4 Å². The summed E-state index contributed by atoms with van der Waals surface area (Å²) >= 11 is -5.58. The van der Waals surface area contributed by atoms with Gasteiger partial charge in [-0.2, -0.15) is 0 Å². The van der Waals surface area contributed by atoms with Crippen molar-refractivity contribution in [3.63, 3.8) is 0 Å². The van der Waals surface area contributed by atoms with Crippen LogP contribution in [0.2, 0.25) is 0 Å². The fourth-order valence-electron chi connectivity index (χ4n) is 4.35. The molecule has 0 aliphatic rings. The van der Waals surface area contributed by atoms with Gasteiger partial charge in [-0.15, -0.1) is 0 Å². The molecule has 0 spiro atoms. The Labute approximate surface area is 192 Å². The van der Waals surface area contributed by atoms with E-state index in [0.717, 1.165) is 0 Å². The van der Waals surface area contributed by atoms with Crippen LogP contribution in [0.1, 0.15) is 6.42 Å². The molecule has 4 rings (SSSR count). The van der Waals surface area contributed by atoms with Crippen molar-refractivity contribution in [1.29, 1.82) is 0 Å². The van der Waals surface area contributed by atoms with E-state index >= 15 is 0 Å². The molecular weight excluding hydrogens is 535 g/mol. The molecule has 4 aromatic carbocycles. The molecule has 0 N–H and O–H groups in total. The number of carbonyl (C=O) groups excluding carboxylic acids is 1. The summed E-state index contributed by atoms with van der Waals surface area (Å²) < 4.78 is 49.3. The van der Waals surface area contributed by atoms with Crippen molar-refractivity contribution >= 4 is 37.8 Å². The zero-order valence-electron chi connectivity index (χ0n) is 17.7. The van der Waals surface area contributed by atoms with Crippen LogP contribution in [0, 0.1) is 0 Å². The Morgan fingerprint density at radius 2 is 0.848 bits per heavy atom. The number of carbonyl (C=O) groups is 1. The molecule has 0 unspecified atom stereocenters. The third-order valence-corrected chi connectivity index (χ3v) is 21.9. The van der Waals surface area contributed by atoms with Crippen LogP contribution >= 0.6 is 0 Å². The second kappa shape index (κ2) is 9.07. The summed E-state index contributed by atoms with van der Waals surface area (Å²) in [6, 6.07) is 36.8. The van der Waals surface area contributed by atoms with Gasteiger partial charge in [-0.1, -0.05) is 0 Å². The summed E-state index contributed by atoms with van der Waals surface area (Å²) in [6.07, 6.45) is -6.34. The molecule has 0 aliphatic carbocycles. The first-order valence-electron chi connectivity index (χ1n) is 10.4. The second-order valence-electron chi connectivity index (χ2n) is 7.63. The Balaban J connectivity index is 2.21. The van der Waals surface area contributed by atoms with Crippen LogP contribution in [0.25, 0.3) is 0 Å². The van der Waals surface area contributed by atoms with Crippen LogP contribution in [-0.2, 0) is 7.81 Å². The van der Waals surface area contributed by atoms with Gasteiger partial charge in [0.2, 0.25) is 0 Å². The van der Waals surface area contributed by atoms with Gasteiger partial charge < -0.3 is 0 Å². The van der Waals surface area contributed by atoms with E-state index in [-0.39, 0.29) is 0 Å². The predicted molar refractivity (Wildman–Crippen MR) is 127 cm³/mol. The van der Waals surface area contributed by atoms with Gasteiger partial charge in [0.25, 0.3) is 0 Å². The van der Waals surface area contributed by atoms with Crippen LogP contribution in [0.5, 0.6) is 0 Å². The second-order valence-corrected chi connectivity index (χ2v) is 20.0. The zero-order valence-corrected chi connectivity index (χ0v) is 20.2. The Bertz CT molecular complexity index is 1040. The Kier molecular flexibility index (Phi) is 6.36. The average molecular weight is 557 g/mol. The number of benzene rings is 4. The van der Waals surface area contributed by atoms with E-state index in [4.69, 9.17) is 3.02 Å². The fourth-order valence-corrected chi connectivity index (χ4v) is 20.5. The number of hydrogen-bond acceptors (Lipinski definition) is 2. The van der Waals surface area contributed by atoms with Crippen LogP contribution in [-0.4, -0.2) is 30.0 Å². The molecule has 0 heterocycles. The SMILES string of the molecule is O=C(CC(F)(F)F)[O][Sb]([c]1ccccc1)([c]1ccccc1)([c]1ccccc1)[c]1ccccc1. The van der Waals surface area contributed by atoms with Crippen molar-refractivity contribution in [3.8, 4) is 0 Å². The molecule has 2 nitrogen and oxygen atoms in total. The Morgan fingerprint density at radius 3 is 1.09 bits per heavy atom. The average Bonchev–Trinajstić information content (AvgIpc) is 2.84. The maximum atomic E-state index is 13.3. The molecule has 0 aliphatic heterocycles. The summed E-state index contributed by atoms with van der Waals surface area (Å²) in [6.45, 7) is 0. The molecule has 0 amide bonds. The molecule has 0 saturated carbocycles. The van der Waals surface area contributed by atoms with Gasteiger partial charge in [-0.3, -0.25) is 0 Å². The third kappa shape index (κ3) is 4.06. The first kappa shape index (κ1) is 23.1. The molecule has 0 fully saturated rings. The standard InChI is InChI=1S/4C6H5.C3H3F3O2.Sb/c4*1-2-4-6-5-3-1;4-3(5,6)1-2(7)8;/h4*1-5H;1H2,(H,7,8);/q;;;;;+1/p-1. The molecule has 0 aromatic heterocycles. The molecule has 0 bridgehead atoms. The Morgan fingerprint density at radius 1 is 0.576 bits per heavy atom. The van der Waals surface area contributed by atoms with Crippen LogP contribution in [0.15, 0.2) is 121 Å². The maximum absolute atomic E-state index is 13.3. The van der Waals surface area contributed by atoms with Gasteiger partial charge in [0.05, 0.1) is 0 Å².